The molecule has 1 amide bonds. The summed E-state index contributed by atoms with van der Waals surface area (Å²) in [6.45, 7) is 0.565. The fourth-order valence-electron chi connectivity index (χ4n) is 3.13. The molecular weight excluding hydrogens is 381 g/mol. The Labute approximate surface area is 163 Å². The van der Waals surface area contributed by atoms with Gasteiger partial charge in [-0.05, 0) is 36.9 Å². The Hall–Kier alpha value is -1.28. The molecule has 1 fully saturated rings. The van der Waals surface area contributed by atoms with Crippen LogP contribution in [-0.4, -0.2) is 27.6 Å². The zero-order chi connectivity index (χ0) is 16.1. The van der Waals surface area contributed by atoms with Gasteiger partial charge in [0.25, 0.3) is 0 Å². The number of hydrogen-bond donors (Lipinski definition) is 2. The zero-order valence-electron chi connectivity index (χ0n) is 13.8. The summed E-state index contributed by atoms with van der Waals surface area (Å²) in [6, 6.07) is 5.62. The van der Waals surface area contributed by atoms with Gasteiger partial charge in [0.15, 0.2) is 5.01 Å². The third-order valence-corrected chi connectivity index (χ3v) is 5.30. The van der Waals surface area contributed by atoms with Crippen LogP contribution < -0.4 is 11.1 Å². The van der Waals surface area contributed by atoms with Crippen molar-refractivity contribution >= 4 is 47.2 Å². The molecule has 6 nitrogen and oxygen atoms in total. The second kappa shape index (κ2) is 10.0. The quantitative estimate of drug-likeness (QED) is 0.793. The van der Waals surface area contributed by atoms with E-state index in [4.69, 9.17) is 5.73 Å². The fraction of sp³-hybridized carbons (Fsp3) is 0.500. The zero-order valence-corrected chi connectivity index (χ0v) is 16.3. The van der Waals surface area contributed by atoms with Crippen molar-refractivity contribution in [1.82, 2.24) is 15.2 Å². The molecule has 0 spiro atoms. The fourth-order valence-corrected chi connectivity index (χ4v) is 3.86. The first-order valence-corrected chi connectivity index (χ1v) is 8.77. The van der Waals surface area contributed by atoms with Crippen molar-refractivity contribution in [3.8, 4) is 10.7 Å². The highest BCUT2D eigenvalue weighted by Gasteiger charge is 2.33. The van der Waals surface area contributed by atoms with Crippen molar-refractivity contribution in [2.75, 3.05) is 11.9 Å². The van der Waals surface area contributed by atoms with Crippen LogP contribution in [0.5, 0.6) is 0 Å². The number of nitrogens with one attached hydrogen (secondary N) is 1. The minimum atomic E-state index is -0.0448. The molecule has 0 bridgehead atoms. The van der Waals surface area contributed by atoms with E-state index in [1.165, 1.54) is 17.8 Å². The lowest BCUT2D eigenvalue weighted by molar-refractivity contribution is -0.118. The van der Waals surface area contributed by atoms with E-state index >= 15 is 0 Å². The predicted molar refractivity (Wildman–Crippen MR) is 105 cm³/mol. The van der Waals surface area contributed by atoms with Crippen LogP contribution in [0, 0.1) is 5.41 Å². The number of nitrogens with two attached hydrogens (primary N) is 1. The Kier molecular flexibility index (Phi) is 8.71. The van der Waals surface area contributed by atoms with E-state index in [-0.39, 0.29) is 36.1 Å². The minimum absolute atomic E-state index is 0. The first-order valence-electron chi connectivity index (χ1n) is 7.96. The molecule has 3 N–H and O–H groups in total. The van der Waals surface area contributed by atoms with Crippen molar-refractivity contribution in [1.29, 1.82) is 0 Å². The van der Waals surface area contributed by atoms with Gasteiger partial charge < -0.3 is 11.1 Å². The Morgan fingerprint density at radius 2 is 1.96 bits per heavy atom. The van der Waals surface area contributed by atoms with Crippen LogP contribution in [0.2, 0.25) is 0 Å². The summed E-state index contributed by atoms with van der Waals surface area (Å²) in [6.07, 6.45) is 7.80. The van der Waals surface area contributed by atoms with Gasteiger partial charge in [-0.1, -0.05) is 36.7 Å². The number of amides is 1. The smallest absolute Gasteiger partial charge is 0.226 e. The molecule has 0 saturated heterocycles. The van der Waals surface area contributed by atoms with Gasteiger partial charge >= 0.3 is 0 Å². The molecular formula is C16H23Cl2N5OS. The number of hydrogen-bond acceptors (Lipinski definition) is 6. The van der Waals surface area contributed by atoms with Crippen LogP contribution in [0.1, 0.15) is 38.5 Å². The third kappa shape index (κ3) is 5.60. The Bertz CT molecular complexity index is 662. The molecule has 0 radical (unpaired) electrons. The number of rotatable bonds is 5. The normalized spacial score (nSPS) is 15.6. The maximum Gasteiger partial charge on any atom is 0.226 e. The number of halogens is 2. The number of nitrogens with zero attached hydrogens (tertiary/aromatic N) is 3. The van der Waals surface area contributed by atoms with Gasteiger partial charge in [0.2, 0.25) is 11.0 Å². The van der Waals surface area contributed by atoms with E-state index in [0.717, 1.165) is 31.4 Å². The molecule has 9 heteroatoms. The molecule has 2 heterocycles. The lowest BCUT2D eigenvalue weighted by Crippen LogP contribution is -2.36. The lowest BCUT2D eigenvalue weighted by atomic mass is 9.72. The average molecular weight is 404 g/mol. The van der Waals surface area contributed by atoms with Gasteiger partial charge in [0.1, 0.15) is 5.69 Å². The first-order chi connectivity index (χ1) is 11.2. The van der Waals surface area contributed by atoms with Crippen LogP contribution >= 0.6 is 36.2 Å². The summed E-state index contributed by atoms with van der Waals surface area (Å²) < 4.78 is 0. The van der Waals surface area contributed by atoms with Crippen molar-refractivity contribution in [3.05, 3.63) is 24.4 Å². The molecule has 1 aliphatic rings. The van der Waals surface area contributed by atoms with E-state index in [1.54, 1.807) is 6.20 Å². The SMILES string of the molecule is Cl.Cl.NCC1(CC(=O)Nc2nnc(-c3ccccn3)s2)CCCCC1. The number of anilines is 1. The Morgan fingerprint density at radius 1 is 1.20 bits per heavy atom. The molecule has 2 aromatic rings. The largest absolute Gasteiger partial charge is 0.330 e. The number of carbonyl (C=O) groups is 1. The molecule has 25 heavy (non-hydrogen) atoms. The molecule has 0 atom stereocenters. The summed E-state index contributed by atoms with van der Waals surface area (Å²) in [5.74, 6) is -0.0268. The molecule has 138 valence electrons. The van der Waals surface area contributed by atoms with Gasteiger partial charge in [-0.15, -0.1) is 35.0 Å². The maximum atomic E-state index is 12.3. The van der Waals surface area contributed by atoms with E-state index in [0.29, 0.717) is 23.1 Å². The lowest BCUT2D eigenvalue weighted by Gasteiger charge is -2.35. The van der Waals surface area contributed by atoms with Crippen molar-refractivity contribution < 1.29 is 4.79 Å². The van der Waals surface area contributed by atoms with Crippen LogP contribution in [0.3, 0.4) is 0 Å². The average Bonchev–Trinajstić information content (AvgIpc) is 3.05. The highest BCUT2D eigenvalue weighted by atomic mass is 35.5. The van der Waals surface area contributed by atoms with Gasteiger partial charge in [-0.25, -0.2) is 0 Å². The summed E-state index contributed by atoms with van der Waals surface area (Å²) >= 11 is 1.33. The molecule has 0 unspecified atom stereocenters. The standard InChI is InChI=1S/C16H21N5OS.2ClH/c17-11-16(7-3-1-4-8-16)10-13(22)19-15-21-20-14(23-15)12-6-2-5-9-18-12;;/h2,5-6,9H,1,3-4,7-8,10-11,17H2,(H,19,21,22);2*1H. The maximum absolute atomic E-state index is 12.3. The number of aromatic nitrogens is 3. The van der Waals surface area contributed by atoms with Crippen LogP contribution in [-0.2, 0) is 4.79 Å². The molecule has 1 saturated carbocycles. The highest BCUT2D eigenvalue weighted by molar-refractivity contribution is 7.18. The van der Waals surface area contributed by atoms with E-state index < -0.39 is 0 Å². The topological polar surface area (TPSA) is 93.8 Å². The van der Waals surface area contributed by atoms with Gasteiger partial charge in [-0.3, -0.25) is 9.78 Å². The second-order valence-electron chi connectivity index (χ2n) is 6.12. The number of pyridine rings is 1. The van der Waals surface area contributed by atoms with Crippen molar-refractivity contribution in [3.63, 3.8) is 0 Å². The molecule has 1 aliphatic carbocycles. The van der Waals surface area contributed by atoms with Gasteiger partial charge in [0, 0.05) is 12.6 Å². The third-order valence-electron chi connectivity index (χ3n) is 4.44. The molecule has 2 aromatic heterocycles. The summed E-state index contributed by atoms with van der Waals surface area (Å²) in [7, 11) is 0. The van der Waals surface area contributed by atoms with Crippen LogP contribution in [0.25, 0.3) is 10.7 Å². The van der Waals surface area contributed by atoms with E-state index in [1.807, 2.05) is 18.2 Å². The minimum Gasteiger partial charge on any atom is -0.330 e. The molecule has 0 aliphatic heterocycles. The highest BCUT2D eigenvalue weighted by Crippen LogP contribution is 2.38. The summed E-state index contributed by atoms with van der Waals surface area (Å²) in [5.41, 5.74) is 6.66. The first kappa shape index (κ1) is 21.8. The predicted octanol–water partition coefficient (Wildman–Crippen LogP) is 3.68. The van der Waals surface area contributed by atoms with Crippen LogP contribution in [0.15, 0.2) is 24.4 Å². The molecule has 3 rings (SSSR count). The molecule has 0 aromatic carbocycles. The van der Waals surface area contributed by atoms with E-state index in [9.17, 15) is 4.79 Å². The number of carbonyl (C=O) groups excluding carboxylic acids is 1. The van der Waals surface area contributed by atoms with Crippen molar-refractivity contribution in [2.24, 2.45) is 11.1 Å². The van der Waals surface area contributed by atoms with Gasteiger partial charge in [-0.2, -0.15) is 0 Å². The Morgan fingerprint density at radius 3 is 2.60 bits per heavy atom. The second-order valence-corrected chi connectivity index (χ2v) is 7.09. The monoisotopic (exact) mass is 403 g/mol. The van der Waals surface area contributed by atoms with E-state index in [2.05, 4.69) is 20.5 Å². The Balaban J connectivity index is 0.00000156. The summed E-state index contributed by atoms with van der Waals surface area (Å²) in [5, 5.41) is 12.2. The summed E-state index contributed by atoms with van der Waals surface area (Å²) in [4.78, 5) is 16.6. The van der Waals surface area contributed by atoms with Crippen LogP contribution in [0.4, 0.5) is 5.13 Å². The van der Waals surface area contributed by atoms with Crippen molar-refractivity contribution in [2.45, 2.75) is 38.5 Å². The van der Waals surface area contributed by atoms with Gasteiger partial charge in [0.05, 0.1) is 0 Å².